The monoisotopic (exact) mass is 664 g/mol. The van der Waals surface area contributed by atoms with Crippen LogP contribution in [-0.4, -0.2) is 3.71 Å². The van der Waals surface area contributed by atoms with E-state index in [9.17, 15) is 0 Å². The fourth-order valence-corrected chi connectivity index (χ4v) is 14.8. The van der Waals surface area contributed by atoms with Crippen molar-refractivity contribution in [2.45, 2.75) is 98.3 Å². The molecule has 0 aromatic heterocycles. The van der Waals surface area contributed by atoms with Crippen LogP contribution in [0.5, 0.6) is 0 Å². The second-order valence-electron chi connectivity index (χ2n) is 14.4. The Morgan fingerprint density at radius 2 is 1.37 bits per heavy atom. The molecule has 3 aromatic carbocycles. The van der Waals surface area contributed by atoms with Crippen molar-refractivity contribution in [3.63, 3.8) is 0 Å². The minimum Gasteiger partial charge on any atom is -0.147 e. The van der Waals surface area contributed by atoms with Crippen molar-refractivity contribution in [1.29, 1.82) is 0 Å². The Morgan fingerprint density at radius 3 is 1.93 bits per heavy atom. The first-order valence-corrected chi connectivity index (χ1v) is 18.5. The first kappa shape index (κ1) is 34.0. The van der Waals surface area contributed by atoms with E-state index >= 15 is 0 Å². The van der Waals surface area contributed by atoms with Gasteiger partial charge in [0.25, 0.3) is 0 Å². The molecular weight excluding hydrogens is 619 g/mol. The van der Waals surface area contributed by atoms with Gasteiger partial charge in [-0.15, -0.1) is 24.8 Å². The SMILES string of the molecule is Cc1cc2c(cc1C(C)(C)C)-c1cc(C(C)(C)C)c(C)[c](/[Zr](=[CH]\C(C)(C)c3ccccc3)[C]3=CC=CC3)c1C2.Cl.Cl. The molecule has 0 atom stereocenters. The summed E-state index contributed by atoms with van der Waals surface area (Å²) in [6, 6.07) is 18.8. The van der Waals surface area contributed by atoms with Crippen LogP contribution in [0.2, 0.25) is 0 Å². The molecule has 0 fully saturated rings. The van der Waals surface area contributed by atoms with Crippen LogP contribution in [0.25, 0.3) is 11.1 Å². The molecule has 0 heterocycles. The van der Waals surface area contributed by atoms with Gasteiger partial charge in [-0.05, 0) is 0 Å². The van der Waals surface area contributed by atoms with Crippen molar-refractivity contribution in [3.8, 4) is 11.1 Å². The molecule has 218 valence electrons. The van der Waals surface area contributed by atoms with Crippen LogP contribution < -0.4 is 3.27 Å². The Morgan fingerprint density at radius 1 is 0.756 bits per heavy atom. The summed E-state index contributed by atoms with van der Waals surface area (Å²) in [5, 5.41) is 0. The number of hydrogen-bond donors (Lipinski definition) is 0. The number of fused-ring (bicyclic) bond motifs is 3. The Balaban J connectivity index is 0.00000231. The molecule has 0 N–H and O–H groups in total. The van der Waals surface area contributed by atoms with Gasteiger partial charge in [0.15, 0.2) is 0 Å². The second kappa shape index (κ2) is 12.2. The summed E-state index contributed by atoms with van der Waals surface area (Å²) in [5.74, 6) is 0. The Kier molecular flexibility index (Phi) is 10.1. The van der Waals surface area contributed by atoms with E-state index in [0.717, 1.165) is 12.8 Å². The van der Waals surface area contributed by atoms with E-state index in [2.05, 4.69) is 140 Å². The molecular formula is C38H48Cl2Zr. The van der Waals surface area contributed by atoms with E-state index in [1.165, 1.54) is 38.9 Å². The summed E-state index contributed by atoms with van der Waals surface area (Å²) in [6.07, 6.45) is 9.32. The maximum absolute atomic E-state index is 2.84. The normalized spacial score (nSPS) is 14.7. The van der Waals surface area contributed by atoms with Gasteiger partial charge in [-0.1, -0.05) is 0 Å². The summed E-state index contributed by atoms with van der Waals surface area (Å²) in [5.41, 5.74) is 13.8. The summed E-state index contributed by atoms with van der Waals surface area (Å²) in [6.45, 7) is 23.9. The Labute approximate surface area is 269 Å². The molecule has 0 saturated carbocycles. The molecule has 0 aliphatic heterocycles. The molecule has 41 heavy (non-hydrogen) atoms. The van der Waals surface area contributed by atoms with Crippen molar-refractivity contribution in [2.24, 2.45) is 0 Å². The topological polar surface area (TPSA) is 0 Å². The number of allylic oxidation sites excluding steroid dienone is 4. The fraction of sp³-hybridized carbons (Fsp3) is 0.395. The van der Waals surface area contributed by atoms with Crippen molar-refractivity contribution in [2.75, 3.05) is 0 Å². The van der Waals surface area contributed by atoms with Gasteiger partial charge in [0, 0.05) is 0 Å². The van der Waals surface area contributed by atoms with E-state index in [0.29, 0.717) is 0 Å². The number of hydrogen-bond acceptors (Lipinski definition) is 0. The van der Waals surface area contributed by atoms with E-state index in [1.807, 2.05) is 0 Å². The van der Waals surface area contributed by atoms with Crippen LogP contribution in [0.3, 0.4) is 0 Å². The van der Waals surface area contributed by atoms with Gasteiger partial charge in [-0.3, -0.25) is 0 Å². The molecule has 0 nitrogen and oxygen atoms in total. The minimum atomic E-state index is -2.43. The minimum absolute atomic E-state index is 0. The third-order valence-corrected chi connectivity index (χ3v) is 16.9. The molecule has 2 aliphatic rings. The van der Waals surface area contributed by atoms with Crippen molar-refractivity contribution in [1.82, 2.24) is 0 Å². The van der Waals surface area contributed by atoms with Crippen LogP contribution >= 0.6 is 24.8 Å². The maximum Gasteiger partial charge on any atom is -0.147 e. The van der Waals surface area contributed by atoms with Gasteiger partial charge in [0.2, 0.25) is 0 Å². The van der Waals surface area contributed by atoms with Crippen molar-refractivity contribution < 1.29 is 21.3 Å². The molecule has 3 heteroatoms. The quantitative estimate of drug-likeness (QED) is 0.203. The zero-order valence-corrected chi connectivity index (χ0v) is 30.7. The van der Waals surface area contributed by atoms with E-state index in [1.54, 1.807) is 17.7 Å². The van der Waals surface area contributed by atoms with E-state index < -0.39 is 21.3 Å². The predicted molar refractivity (Wildman–Crippen MR) is 183 cm³/mol. The van der Waals surface area contributed by atoms with Gasteiger partial charge < -0.3 is 0 Å². The largest absolute Gasteiger partial charge is 0.147 e. The second-order valence-corrected chi connectivity index (χ2v) is 20.0. The predicted octanol–water partition coefficient (Wildman–Crippen LogP) is 10.2. The number of halogens is 2. The van der Waals surface area contributed by atoms with Crippen LogP contribution in [0.15, 0.2) is 70.0 Å². The third-order valence-electron chi connectivity index (χ3n) is 8.83. The van der Waals surface area contributed by atoms with Gasteiger partial charge in [-0.25, -0.2) is 0 Å². The average Bonchev–Trinajstić information content (AvgIpc) is 3.49. The zero-order valence-electron chi connectivity index (χ0n) is 26.7. The summed E-state index contributed by atoms with van der Waals surface area (Å²) >= 11 is -2.43. The van der Waals surface area contributed by atoms with Gasteiger partial charge in [0.05, 0.1) is 0 Å². The first-order chi connectivity index (χ1) is 18.2. The van der Waals surface area contributed by atoms with Crippen LogP contribution in [-0.2, 0) is 43.9 Å². The molecule has 0 saturated heterocycles. The first-order valence-electron chi connectivity index (χ1n) is 14.6. The maximum atomic E-state index is 2.84. The molecule has 2 aliphatic carbocycles. The number of benzene rings is 3. The van der Waals surface area contributed by atoms with Gasteiger partial charge >= 0.3 is 247 Å². The molecule has 0 amide bonds. The summed E-state index contributed by atoms with van der Waals surface area (Å²) < 4.78 is 6.29. The number of aryl methyl sites for hydroxylation is 1. The zero-order chi connectivity index (χ0) is 28.3. The smallest absolute Gasteiger partial charge is 0.147 e. The van der Waals surface area contributed by atoms with Crippen molar-refractivity contribution >= 4 is 31.8 Å². The molecule has 0 unspecified atom stereocenters. The third kappa shape index (κ3) is 6.54. The van der Waals surface area contributed by atoms with Crippen LogP contribution in [0.4, 0.5) is 0 Å². The van der Waals surface area contributed by atoms with Gasteiger partial charge in [-0.2, -0.15) is 0 Å². The number of rotatable bonds is 4. The van der Waals surface area contributed by atoms with E-state index in [-0.39, 0.29) is 41.1 Å². The Hall–Kier alpha value is -1.53. The molecule has 5 rings (SSSR count). The summed E-state index contributed by atoms with van der Waals surface area (Å²) in [7, 11) is 0. The van der Waals surface area contributed by atoms with Crippen LogP contribution in [0, 0.1) is 13.8 Å². The molecule has 0 radical (unpaired) electrons. The summed E-state index contributed by atoms with van der Waals surface area (Å²) in [4.78, 5) is 0. The standard InChI is InChI=1S/C23H29.C10H12.C5H5.2ClH.Zr/c1-14-9-16-11-17-10-15(2)21(23(6,7)8)13-19(17)18(16)12-20(14)22(3,4)5;1-10(2,3)9-7-5-4-6-8-9;1-2-4-5-3-1;;;/h9,12-13H,11H2,1-8H3;1,4-8H,2-3H3;1-3H,4H2;2*1H;. The van der Waals surface area contributed by atoms with E-state index in [4.69, 9.17) is 0 Å². The van der Waals surface area contributed by atoms with Gasteiger partial charge in [0.1, 0.15) is 0 Å². The van der Waals surface area contributed by atoms with Crippen molar-refractivity contribution in [3.05, 3.63) is 109 Å². The van der Waals surface area contributed by atoms with Crippen LogP contribution in [0.1, 0.15) is 101 Å². The molecule has 3 aromatic rings. The molecule has 0 spiro atoms. The fourth-order valence-electron chi connectivity index (χ4n) is 6.85. The average molecular weight is 667 g/mol. The Bertz CT molecular complexity index is 1540. The molecule has 0 bridgehead atoms.